The maximum Gasteiger partial charge on any atom is 0.220 e. The largest absolute Gasteiger partial charge is 0.394 e. The average Bonchev–Trinajstić information content (AvgIpc) is 3.31. The van der Waals surface area contributed by atoms with Gasteiger partial charge in [-0.3, -0.25) is 4.79 Å². The van der Waals surface area contributed by atoms with E-state index in [-0.39, 0.29) is 12.5 Å². The fourth-order valence-corrected chi connectivity index (χ4v) is 9.31. The average molecular weight is 913 g/mol. The topological polar surface area (TPSA) is 69.6 Å². The second-order valence-electron chi connectivity index (χ2n) is 20.4. The first kappa shape index (κ1) is 63.6. The summed E-state index contributed by atoms with van der Waals surface area (Å²) >= 11 is 0. The van der Waals surface area contributed by atoms with E-state index in [0.717, 1.165) is 32.1 Å². The first-order valence-electron chi connectivity index (χ1n) is 29.7. The molecule has 0 aliphatic rings. The number of aliphatic hydroxyl groups is 2. The fourth-order valence-electron chi connectivity index (χ4n) is 9.31. The number of unbranched alkanes of at least 4 members (excludes halogenated alkanes) is 44. The van der Waals surface area contributed by atoms with Gasteiger partial charge in [-0.05, 0) is 57.8 Å². The molecular weight excluding hydrogens is 795 g/mol. The molecule has 0 aliphatic carbocycles. The van der Waals surface area contributed by atoms with Gasteiger partial charge in [-0.1, -0.05) is 301 Å². The Labute approximate surface area is 408 Å². The SMILES string of the molecule is CCCCCCCCCC/C=C\CCCCCCCCCCCC(=O)NC(CO)C(O)/C=C/CC/C=C/CCCCCCCCCCCCCCCCCCCCCCCCCCCC. The summed E-state index contributed by atoms with van der Waals surface area (Å²) in [6.45, 7) is 4.33. The Morgan fingerprint density at radius 2 is 0.600 bits per heavy atom. The van der Waals surface area contributed by atoms with Crippen molar-refractivity contribution < 1.29 is 15.0 Å². The van der Waals surface area contributed by atoms with E-state index in [1.807, 2.05) is 6.08 Å². The highest BCUT2D eigenvalue weighted by molar-refractivity contribution is 5.76. The van der Waals surface area contributed by atoms with Crippen LogP contribution in [0.5, 0.6) is 0 Å². The zero-order valence-electron chi connectivity index (χ0n) is 44.3. The van der Waals surface area contributed by atoms with Gasteiger partial charge in [0.25, 0.3) is 0 Å². The van der Waals surface area contributed by atoms with Crippen molar-refractivity contribution in [1.29, 1.82) is 0 Å². The van der Waals surface area contributed by atoms with Crippen molar-refractivity contribution in [2.24, 2.45) is 0 Å². The Balaban J connectivity index is 3.49. The first-order valence-corrected chi connectivity index (χ1v) is 29.7. The molecule has 3 N–H and O–H groups in total. The third-order valence-corrected chi connectivity index (χ3v) is 13.8. The summed E-state index contributed by atoms with van der Waals surface area (Å²) in [6, 6.07) is -0.641. The maximum atomic E-state index is 12.5. The molecule has 0 saturated heterocycles. The van der Waals surface area contributed by atoms with Gasteiger partial charge in [0.05, 0.1) is 18.8 Å². The summed E-state index contributed by atoms with van der Waals surface area (Å²) < 4.78 is 0. The Morgan fingerprint density at radius 1 is 0.354 bits per heavy atom. The molecule has 65 heavy (non-hydrogen) atoms. The van der Waals surface area contributed by atoms with E-state index in [9.17, 15) is 15.0 Å². The summed E-state index contributed by atoms with van der Waals surface area (Å²) in [5.41, 5.74) is 0. The van der Waals surface area contributed by atoms with Crippen LogP contribution in [0, 0.1) is 0 Å². The number of nitrogens with one attached hydrogen (secondary N) is 1. The zero-order valence-corrected chi connectivity index (χ0v) is 44.3. The van der Waals surface area contributed by atoms with Crippen LogP contribution in [0.4, 0.5) is 0 Å². The van der Waals surface area contributed by atoms with Crippen LogP contribution >= 0.6 is 0 Å². The quantitative estimate of drug-likeness (QED) is 0.0421. The van der Waals surface area contributed by atoms with Crippen molar-refractivity contribution in [3.05, 3.63) is 36.5 Å². The first-order chi connectivity index (χ1) is 32.2. The highest BCUT2D eigenvalue weighted by Gasteiger charge is 2.18. The molecule has 0 aromatic heterocycles. The molecule has 0 aliphatic heterocycles. The van der Waals surface area contributed by atoms with E-state index in [1.165, 1.54) is 276 Å². The lowest BCUT2D eigenvalue weighted by molar-refractivity contribution is -0.123. The molecule has 4 nitrogen and oxygen atoms in total. The van der Waals surface area contributed by atoms with E-state index < -0.39 is 12.1 Å². The van der Waals surface area contributed by atoms with Crippen LogP contribution in [-0.2, 0) is 4.79 Å². The Morgan fingerprint density at radius 3 is 0.892 bits per heavy atom. The molecule has 384 valence electrons. The van der Waals surface area contributed by atoms with Crippen LogP contribution in [0.3, 0.4) is 0 Å². The van der Waals surface area contributed by atoms with Gasteiger partial charge >= 0.3 is 0 Å². The third-order valence-electron chi connectivity index (χ3n) is 13.8. The summed E-state index contributed by atoms with van der Waals surface area (Å²) in [6.07, 6.45) is 77.6. The lowest BCUT2D eigenvalue weighted by Crippen LogP contribution is -2.45. The normalized spacial score (nSPS) is 13.0. The zero-order chi connectivity index (χ0) is 47.0. The van der Waals surface area contributed by atoms with E-state index in [2.05, 4.69) is 43.5 Å². The lowest BCUT2D eigenvalue weighted by atomic mass is 10.0. The van der Waals surface area contributed by atoms with Crippen LogP contribution < -0.4 is 5.32 Å². The predicted octanol–water partition coefficient (Wildman–Crippen LogP) is 19.6. The van der Waals surface area contributed by atoms with Crippen LogP contribution in [-0.4, -0.2) is 34.9 Å². The van der Waals surface area contributed by atoms with Crippen LogP contribution in [0.25, 0.3) is 0 Å². The minimum atomic E-state index is -0.864. The van der Waals surface area contributed by atoms with Gasteiger partial charge in [-0.2, -0.15) is 0 Å². The van der Waals surface area contributed by atoms with Gasteiger partial charge in [0.1, 0.15) is 0 Å². The number of hydrogen-bond donors (Lipinski definition) is 3. The highest BCUT2D eigenvalue weighted by Crippen LogP contribution is 2.17. The summed E-state index contributed by atoms with van der Waals surface area (Å²) in [5, 5.41) is 23.2. The number of hydrogen-bond acceptors (Lipinski definition) is 3. The minimum absolute atomic E-state index is 0.0719. The molecule has 4 heteroatoms. The highest BCUT2D eigenvalue weighted by atomic mass is 16.3. The minimum Gasteiger partial charge on any atom is -0.394 e. The second kappa shape index (κ2) is 56.9. The number of rotatable bonds is 55. The molecule has 0 spiro atoms. The van der Waals surface area contributed by atoms with Crippen molar-refractivity contribution >= 4 is 5.91 Å². The second-order valence-corrected chi connectivity index (χ2v) is 20.4. The van der Waals surface area contributed by atoms with E-state index in [0.29, 0.717) is 6.42 Å². The van der Waals surface area contributed by atoms with Crippen LogP contribution in [0.2, 0.25) is 0 Å². The third kappa shape index (κ3) is 53.4. The van der Waals surface area contributed by atoms with Gasteiger partial charge < -0.3 is 15.5 Å². The molecule has 0 aromatic rings. The number of amides is 1. The molecule has 0 heterocycles. The number of carbonyl (C=O) groups excluding carboxylic acids is 1. The standard InChI is InChI=1S/C61H117NO3/c1-3-5-7-9-11-13-15-17-19-21-23-25-26-27-28-29-30-31-32-33-34-35-37-38-40-42-44-46-48-50-52-54-56-60(64)59(58-63)62-61(65)57-55-53-51-49-47-45-43-41-39-36-24-22-20-18-16-14-12-10-8-6-4-2/h22,24,46,48,54,56,59-60,63-64H,3-21,23,25-45,47,49-53,55,57-58H2,1-2H3,(H,62,65)/b24-22-,48-46+,56-54+. The van der Waals surface area contributed by atoms with Crippen molar-refractivity contribution in [3.63, 3.8) is 0 Å². The number of allylic oxidation sites excluding steroid dienone is 5. The molecule has 0 radical (unpaired) electrons. The number of carbonyl (C=O) groups is 1. The Bertz CT molecular complexity index is 989. The molecule has 0 aromatic carbocycles. The summed E-state index contributed by atoms with van der Waals surface area (Å²) in [4.78, 5) is 12.5. The monoisotopic (exact) mass is 912 g/mol. The molecule has 1 amide bonds. The van der Waals surface area contributed by atoms with Crippen molar-refractivity contribution in [3.8, 4) is 0 Å². The number of aliphatic hydroxyl groups excluding tert-OH is 2. The van der Waals surface area contributed by atoms with Gasteiger partial charge in [0, 0.05) is 6.42 Å². The molecule has 0 rings (SSSR count). The van der Waals surface area contributed by atoms with E-state index in [4.69, 9.17) is 0 Å². The Hall–Kier alpha value is -1.39. The molecule has 2 unspecified atom stereocenters. The van der Waals surface area contributed by atoms with E-state index >= 15 is 0 Å². The Kier molecular flexibility index (Phi) is 55.7. The molecular formula is C61H117NO3. The predicted molar refractivity (Wildman–Crippen MR) is 290 cm³/mol. The van der Waals surface area contributed by atoms with Gasteiger partial charge in [0.2, 0.25) is 5.91 Å². The smallest absolute Gasteiger partial charge is 0.220 e. The summed E-state index contributed by atoms with van der Waals surface area (Å²) in [7, 11) is 0. The fraction of sp³-hybridized carbons (Fsp3) is 0.885. The van der Waals surface area contributed by atoms with Gasteiger partial charge in [-0.25, -0.2) is 0 Å². The van der Waals surface area contributed by atoms with Gasteiger partial charge in [-0.15, -0.1) is 0 Å². The molecule has 0 bridgehead atoms. The van der Waals surface area contributed by atoms with Crippen LogP contribution in [0.1, 0.15) is 328 Å². The molecule has 2 atom stereocenters. The summed E-state index contributed by atoms with van der Waals surface area (Å²) in [5.74, 6) is -0.0719. The lowest BCUT2D eigenvalue weighted by Gasteiger charge is -2.19. The molecule has 0 fully saturated rings. The van der Waals surface area contributed by atoms with Crippen molar-refractivity contribution in [2.45, 2.75) is 341 Å². The van der Waals surface area contributed by atoms with E-state index in [1.54, 1.807) is 6.08 Å². The van der Waals surface area contributed by atoms with Crippen LogP contribution in [0.15, 0.2) is 36.5 Å². The molecule has 0 saturated carbocycles. The maximum absolute atomic E-state index is 12.5. The van der Waals surface area contributed by atoms with Crippen molar-refractivity contribution in [2.75, 3.05) is 6.61 Å². The van der Waals surface area contributed by atoms with Crippen molar-refractivity contribution in [1.82, 2.24) is 5.32 Å². The van der Waals surface area contributed by atoms with Gasteiger partial charge in [0.15, 0.2) is 0 Å².